The van der Waals surface area contributed by atoms with Gasteiger partial charge in [-0.3, -0.25) is 0 Å². The van der Waals surface area contributed by atoms with Crippen LogP contribution in [0.3, 0.4) is 0 Å². The van der Waals surface area contributed by atoms with E-state index in [-0.39, 0.29) is 0 Å². The van der Waals surface area contributed by atoms with Crippen LogP contribution in [0, 0.1) is 0 Å². The first kappa shape index (κ1) is 29.2. The summed E-state index contributed by atoms with van der Waals surface area (Å²) in [5.74, 6) is 0. The molecule has 4 aromatic rings. The van der Waals surface area contributed by atoms with Gasteiger partial charge >= 0.3 is 0 Å². The minimum Gasteiger partial charge on any atom is -0.385 e. The average molecular weight is 567 g/mol. The highest BCUT2D eigenvalue weighted by atomic mass is 15.2. The number of fused-ring (bicyclic) bond motifs is 5. The second-order valence-electron chi connectivity index (χ2n) is 12.6. The van der Waals surface area contributed by atoms with Crippen LogP contribution in [0.15, 0.2) is 60.7 Å². The first-order valence-corrected chi connectivity index (χ1v) is 16.3. The Bertz CT molecular complexity index is 1340. The summed E-state index contributed by atoms with van der Waals surface area (Å²) in [6.07, 6.45) is 4.87. The highest BCUT2D eigenvalue weighted by molar-refractivity contribution is 6.23. The molecule has 0 saturated carbocycles. The first-order chi connectivity index (χ1) is 20.7. The Balaban J connectivity index is 1.14. The van der Waals surface area contributed by atoms with Gasteiger partial charge in [0.1, 0.15) is 0 Å². The maximum absolute atomic E-state index is 3.83. The second kappa shape index (κ2) is 14.0. The Kier molecular flexibility index (Phi) is 9.76. The molecule has 6 rings (SSSR count). The first-order valence-electron chi connectivity index (χ1n) is 16.3. The Hall–Kier alpha value is -2.90. The molecular weight excluding hydrogens is 516 g/mol. The summed E-state index contributed by atoms with van der Waals surface area (Å²) in [5, 5.41) is 15.6. The van der Waals surface area contributed by atoms with Crippen molar-refractivity contribution < 1.29 is 0 Å². The van der Waals surface area contributed by atoms with Crippen LogP contribution in [-0.4, -0.2) is 112 Å². The van der Waals surface area contributed by atoms with E-state index in [1.54, 1.807) is 0 Å². The predicted octanol–water partition coefficient (Wildman–Crippen LogP) is 6.03. The van der Waals surface area contributed by atoms with Gasteiger partial charge in [-0.1, -0.05) is 48.5 Å². The third-order valence-electron chi connectivity index (χ3n) is 9.51. The Morgan fingerprint density at radius 3 is 1.26 bits per heavy atom. The fourth-order valence-electron chi connectivity index (χ4n) is 6.75. The molecule has 0 spiro atoms. The molecule has 2 saturated heterocycles. The van der Waals surface area contributed by atoms with Crippen molar-refractivity contribution in [2.45, 2.75) is 25.7 Å². The topological polar surface area (TPSA) is 37.0 Å². The van der Waals surface area contributed by atoms with E-state index < -0.39 is 0 Å². The van der Waals surface area contributed by atoms with Gasteiger partial charge in [0, 0.05) is 87.6 Å². The number of likely N-dealkylation sites (N-methyl/N-ethyl adjacent to an activating group) is 2. The molecular formula is C36H50N6. The van der Waals surface area contributed by atoms with Crippen molar-refractivity contribution in [1.29, 1.82) is 0 Å². The van der Waals surface area contributed by atoms with Crippen LogP contribution in [0.2, 0.25) is 0 Å². The largest absolute Gasteiger partial charge is 0.385 e. The van der Waals surface area contributed by atoms with Gasteiger partial charge in [-0.15, -0.1) is 0 Å². The molecule has 0 atom stereocenters. The molecule has 0 aromatic heterocycles. The fraction of sp³-hybridized carbons (Fsp3) is 0.500. The second-order valence-corrected chi connectivity index (χ2v) is 12.6. The molecule has 0 amide bonds. The molecule has 224 valence electrons. The third kappa shape index (κ3) is 7.00. The smallest absolute Gasteiger partial charge is 0.0426 e. The Morgan fingerprint density at radius 1 is 0.476 bits per heavy atom. The summed E-state index contributed by atoms with van der Waals surface area (Å²) in [6.45, 7) is 14.1. The summed E-state index contributed by atoms with van der Waals surface area (Å²) in [5.41, 5.74) is 2.51. The van der Waals surface area contributed by atoms with Crippen molar-refractivity contribution in [1.82, 2.24) is 19.6 Å². The van der Waals surface area contributed by atoms with E-state index in [2.05, 4.69) is 105 Å². The van der Waals surface area contributed by atoms with Crippen molar-refractivity contribution >= 4 is 43.7 Å². The molecule has 2 aliphatic rings. The van der Waals surface area contributed by atoms with Gasteiger partial charge in [0.25, 0.3) is 0 Å². The van der Waals surface area contributed by atoms with E-state index in [0.29, 0.717) is 0 Å². The summed E-state index contributed by atoms with van der Waals surface area (Å²) in [4.78, 5) is 10.1. The highest BCUT2D eigenvalue weighted by Gasteiger charge is 2.15. The van der Waals surface area contributed by atoms with Crippen molar-refractivity contribution in [3.05, 3.63) is 60.7 Å². The number of unbranched alkanes of at least 4 members (excludes halogenated alkanes) is 2. The lowest BCUT2D eigenvalue weighted by molar-refractivity contribution is 0.152. The lowest BCUT2D eigenvalue weighted by Gasteiger charge is -2.32. The normalized spacial score (nSPS) is 17.9. The molecule has 0 unspecified atom stereocenters. The van der Waals surface area contributed by atoms with Gasteiger partial charge < -0.3 is 30.2 Å². The number of nitrogens with one attached hydrogen (secondary N) is 2. The van der Waals surface area contributed by atoms with Crippen molar-refractivity contribution in [2.75, 3.05) is 103 Å². The Labute approximate surface area is 252 Å². The molecule has 4 aromatic carbocycles. The van der Waals surface area contributed by atoms with Crippen molar-refractivity contribution in [2.24, 2.45) is 0 Å². The van der Waals surface area contributed by atoms with Gasteiger partial charge in [0.15, 0.2) is 0 Å². The fourth-order valence-corrected chi connectivity index (χ4v) is 6.75. The van der Waals surface area contributed by atoms with E-state index in [1.165, 1.54) is 135 Å². The van der Waals surface area contributed by atoms with E-state index >= 15 is 0 Å². The van der Waals surface area contributed by atoms with E-state index in [9.17, 15) is 0 Å². The maximum Gasteiger partial charge on any atom is 0.0426 e. The van der Waals surface area contributed by atoms with Gasteiger partial charge in [0.05, 0.1) is 0 Å². The summed E-state index contributed by atoms with van der Waals surface area (Å²) in [7, 11) is 4.46. The zero-order chi connectivity index (χ0) is 28.7. The van der Waals surface area contributed by atoms with Crippen LogP contribution in [0.5, 0.6) is 0 Å². The molecule has 42 heavy (non-hydrogen) atoms. The number of hydrogen-bond acceptors (Lipinski definition) is 6. The zero-order valence-electron chi connectivity index (χ0n) is 25.9. The lowest BCUT2D eigenvalue weighted by atomic mass is 9.94. The minimum absolute atomic E-state index is 1.01. The van der Waals surface area contributed by atoms with E-state index in [1.807, 2.05) is 0 Å². The predicted molar refractivity (Wildman–Crippen MR) is 182 cm³/mol. The number of nitrogens with zero attached hydrogens (tertiary/aromatic N) is 4. The number of hydrogen-bond donors (Lipinski definition) is 2. The van der Waals surface area contributed by atoms with Gasteiger partial charge in [0.2, 0.25) is 0 Å². The van der Waals surface area contributed by atoms with Crippen LogP contribution in [0.4, 0.5) is 11.4 Å². The monoisotopic (exact) mass is 566 g/mol. The standard InChI is InChI=1S/C36H50N6/c1-39-19-23-41(24-20-39)17-9-7-15-37-35-27-33-30-12-4-6-14-32(30)36(28-34(33)29-11-3-5-13-31(29)35)38-16-8-10-18-42-25-21-40(2)22-26-42/h3-6,11-14,27-28,37-38H,7-10,15-26H2,1-2H3. The van der Waals surface area contributed by atoms with Crippen molar-refractivity contribution in [3.63, 3.8) is 0 Å². The number of anilines is 2. The molecule has 2 aliphatic heterocycles. The molecule has 6 heteroatoms. The Morgan fingerprint density at radius 2 is 0.857 bits per heavy atom. The number of benzene rings is 4. The van der Waals surface area contributed by atoms with Crippen LogP contribution >= 0.6 is 0 Å². The SMILES string of the molecule is CN1CCN(CCCCNc2cc3c4ccccc4c(NCCCCN4CCN(C)CC4)cc3c3ccccc23)CC1. The highest BCUT2D eigenvalue weighted by Crippen LogP contribution is 2.39. The van der Waals surface area contributed by atoms with Gasteiger partial charge in [-0.05, 0) is 86.5 Å². The maximum atomic E-state index is 3.83. The molecule has 0 bridgehead atoms. The molecule has 0 aliphatic carbocycles. The van der Waals surface area contributed by atoms with Crippen LogP contribution < -0.4 is 10.6 Å². The van der Waals surface area contributed by atoms with E-state index in [4.69, 9.17) is 0 Å². The molecule has 6 nitrogen and oxygen atoms in total. The summed E-state index contributed by atoms with van der Waals surface area (Å²) < 4.78 is 0. The zero-order valence-corrected chi connectivity index (χ0v) is 25.9. The lowest BCUT2D eigenvalue weighted by Crippen LogP contribution is -2.44. The third-order valence-corrected chi connectivity index (χ3v) is 9.51. The molecule has 2 N–H and O–H groups in total. The van der Waals surface area contributed by atoms with Gasteiger partial charge in [-0.25, -0.2) is 0 Å². The average Bonchev–Trinajstić information content (AvgIpc) is 3.02. The molecule has 0 radical (unpaired) electrons. The van der Waals surface area contributed by atoms with Crippen molar-refractivity contribution in [3.8, 4) is 0 Å². The number of piperazine rings is 2. The van der Waals surface area contributed by atoms with Crippen LogP contribution in [0.25, 0.3) is 32.3 Å². The summed E-state index contributed by atoms with van der Waals surface area (Å²) >= 11 is 0. The van der Waals surface area contributed by atoms with Crippen LogP contribution in [-0.2, 0) is 0 Å². The summed E-state index contributed by atoms with van der Waals surface area (Å²) in [6, 6.07) is 22.7. The molecule has 2 heterocycles. The quantitative estimate of drug-likeness (QED) is 0.161. The van der Waals surface area contributed by atoms with E-state index in [0.717, 1.165) is 13.1 Å². The minimum atomic E-state index is 1.01. The van der Waals surface area contributed by atoms with Crippen LogP contribution in [0.1, 0.15) is 25.7 Å². The van der Waals surface area contributed by atoms with Gasteiger partial charge in [-0.2, -0.15) is 0 Å². The molecule has 2 fully saturated rings. The number of rotatable bonds is 12.